The van der Waals surface area contributed by atoms with Crippen LogP contribution in [0.3, 0.4) is 0 Å². The molecule has 1 fully saturated rings. The van der Waals surface area contributed by atoms with Crippen molar-refractivity contribution in [2.45, 2.75) is 32.1 Å². The Morgan fingerprint density at radius 3 is 2.56 bits per heavy atom. The molecule has 0 unspecified atom stereocenters. The maximum absolute atomic E-state index is 2.25. The summed E-state index contributed by atoms with van der Waals surface area (Å²) in [7, 11) is 0. The summed E-state index contributed by atoms with van der Waals surface area (Å²) in [6, 6.07) is 10.5. The molecule has 0 N–H and O–H groups in total. The third-order valence-corrected chi connectivity index (χ3v) is 4.21. The fraction of sp³-hybridized carbons (Fsp3) is 0.467. The van der Waals surface area contributed by atoms with Crippen LogP contribution >= 0.6 is 11.8 Å². The highest BCUT2D eigenvalue weighted by Gasteiger charge is 2.12. The Morgan fingerprint density at radius 1 is 1.06 bits per heavy atom. The second-order valence-electron chi connectivity index (χ2n) is 4.55. The standard InChI is InChI=1S/C15H20S/c1-3-7-14(8-4-1)11-12-16-13-15-9-5-2-6-10-15/h1,3-4,7-8,11-12,15H,2,5-6,9-10,13H2/b12-11+. The molecule has 1 aromatic rings. The van der Waals surface area contributed by atoms with Gasteiger partial charge >= 0.3 is 0 Å². The molecular weight excluding hydrogens is 212 g/mol. The topological polar surface area (TPSA) is 0 Å². The number of hydrogen-bond donors (Lipinski definition) is 0. The molecule has 1 heteroatoms. The molecule has 0 radical (unpaired) electrons. The van der Waals surface area contributed by atoms with Crippen LogP contribution in [0, 0.1) is 5.92 Å². The summed E-state index contributed by atoms with van der Waals surface area (Å²) in [4.78, 5) is 0. The van der Waals surface area contributed by atoms with Gasteiger partial charge in [-0.25, -0.2) is 0 Å². The number of thioether (sulfide) groups is 1. The first-order valence-electron chi connectivity index (χ1n) is 6.28. The van der Waals surface area contributed by atoms with Gasteiger partial charge in [-0.05, 0) is 35.8 Å². The molecule has 86 valence electrons. The quantitative estimate of drug-likeness (QED) is 0.706. The zero-order valence-corrected chi connectivity index (χ0v) is 10.6. The van der Waals surface area contributed by atoms with Crippen molar-refractivity contribution in [2.24, 2.45) is 5.92 Å². The van der Waals surface area contributed by atoms with Crippen molar-refractivity contribution >= 4 is 17.8 Å². The molecule has 1 aliphatic rings. The third-order valence-electron chi connectivity index (χ3n) is 3.21. The largest absolute Gasteiger partial charge is 0.134 e. The van der Waals surface area contributed by atoms with Gasteiger partial charge in [0.25, 0.3) is 0 Å². The summed E-state index contributed by atoms with van der Waals surface area (Å²) in [6.45, 7) is 0. The molecular formula is C15H20S. The van der Waals surface area contributed by atoms with Crippen LogP contribution in [-0.2, 0) is 0 Å². The van der Waals surface area contributed by atoms with E-state index in [0.717, 1.165) is 5.92 Å². The van der Waals surface area contributed by atoms with Crippen molar-refractivity contribution < 1.29 is 0 Å². The first kappa shape index (κ1) is 11.8. The normalized spacial score (nSPS) is 18.0. The molecule has 0 aromatic heterocycles. The average Bonchev–Trinajstić information content (AvgIpc) is 2.37. The van der Waals surface area contributed by atoms with Crippen LogP contribution in [0.4, 0.5) is 0 Å². The Hall–Kier alpha value is -0.690. The minimum absolute atomic E-state index is 0.971. The molecule has 0 saturated heterocycles. The molecule has 16 heavy (non-hydrogen) atoms. The van der Waals surface area contributed by atoms with Crippen molar-refractivity contribution in [3.63, 3.8) is 0 Å². The van der Waals surface area contributed by atoms with Crippen LogP contribution in [-0.4, -0.2) is 5.75 Å². The van der Waals surface area contributed by atoms with Gasteiger partial charge in [-0.1, -0.05) is 49.6 Å². The van der Waals surface area contributed by atoms with E-state index in [9.17, 15) is 0 Å². The number of benzene rings is 1. The highest BCUT2D eigenvalue weighted by atomic mass is 32.2. The van der Waals surface area contributed by atoms with Gasteiger partial charge in [0, 0.05) is 5.75 Å². The fourth-order valence-electron chi connectivity index (χ4n) is 2.24. The van der Waals surface area contributed by atoms with E-state index in [1.807, 2.05) is 11.8 Å². The van der Waals surface area contributed by atoms with Crippen LogP contribution in [0.15, 0.2) is 35.7 Å². The summed E-state index contributed by atoms with van der Waals surface area (Å²) in [6.07, 6.45) is 9.48. The van der Waals surface area contributed by atoms with Crippen LogP contribution in [0.25, 0.3) is 6.08 Å². The number of hydrogen-bond acceptors (Lipinski definition) is 1. The molecule has 0 aliphatic heterocycles. The van der Waals surface area contributed by atoms with Gasteiger partial charge in [0.05, 0.1) is 0 Å². The predicted molar refractivity (Wildman–Crippen MR) is 74.5 cm³/mol. The molecule has 2 rings (SSSR count). The van der Waals surface area contributed by atoms with Gasteiger partial charge in [-0.3, -0.25) is 0 Å². The molecule has 1 aromatic carbocycles. The average molecular weight is 232 g/mol. The minimum Gasteiger partial charge on any atom is -0.134 e. The Bertz CT molecular complexity index is 309. The molecule has 0 amide bonds. The van der Waals surface area contributed by atoms with E-state index < -0.39 is 0 Å². The van der Waals surface area contributed by atoms with Crippen LogP contribution in [0.1, 0.15) is 37.7 Å². The van der Waals surface area contributed by atoms with Gasteiger partial charge in [-0.2, -0.15) is 0 Å². The Balaban J connectivity index is 1.69. The fourth-order valence-corrected chi connectivity index (χ4v) is 3.21. The summed E-state index contributed by atoms with van der Waals surface area (Å²) < 4.78 is 0. The smallest absolute Gasteiger partial charge is 0.000243 e. The summed E-state index contributed by atoms with van der Waals surface area (Å²) in [5.74, 6) is 2.28. The lowest BCUT2D eigenvalue weighted by molar-refractivity contribution is 0.391. The van der Waals surface area contributed by atoms with E-state index in [1.54, 1.807) is 0 Å². The molecule has 0 nitrogen and oxygen atoms in total. The summed E-state index contributed by atoms with van der Waals surface area (Å²) in [5.41, 5.74) is 1.30. The van der Waals surface area contributed by atoms with Crippen molar-refractivity contribution in [3.05, 3.63) is 41.3 Å². The zero-order valence-electron chi connectivity index (χ0n) is 9.77. The predicted octanol–water partition coefficient (Wildman–Crippen LogP) is 4.97. The lowest BCUT2D eigenvalue weighted by Crippen LogP contribution is -2.07. The highest BCUT2D eigenvalue weighted by Crippen LogP contribution is 2.27. The third kappa shape index (κ3) is 4.05. The summed E-state index contributed by atoms with van der Waals surface area (Å²) >= 11 is 1.97. The maximum Gasteiger partial charge on any atom is 0.000243 e. The molecule has 1 saturated carbocycles. The molecule has 0 heterocycles. The molecule has 1 aliphatic carbocycles. The van der Waals surface area contributed by atoms with E-state index in [4.69, 9.17) is 0 Å². The minimum atomic E-state index is 0.971. The monoisotopic (exact) mass is 232 g/mol. The zero-order chi connectivity index (χ0) is 11.1. The molecule has 0 atom stereocenters. The first-order valence-corrected chi connectivity index (χ1v) is 7.33. The van der Waals surface area contributed by atoms with Crippen molar-refractivity contribution in [1.29, 1.82) is 0 Å². The van der Waals surface area contributed by atoms with Gasteiger partial charge in [0.2, 0.25) is 0 Å². The van der Waals surface area contributed by atoms with Crippen molar-refractivity contribution in [2.75, 3.05) is 5.75 Å². The van der Waals surface area contributed by atoms with Gasteiger partial charge in [0.15, 0.2) is 0 Å². The second-order valence-corrected chi connectivity index (χ2v) is 5.49. The number of rotatable bonds is 4. The highest BCUT2D eigenvalue weighted by molar-refractivity contribution is 8.02. The van der Waals surface area contributed by atoms with Gasteiger partial charge in [-0.15, -0.1) is 11.8 Å². The van der Waals surface area contributed by atoms with Gasteiger partial charge in [0.1, 0.15) is 0 Å². The maximum atomic E-state index is 2.25. The van der Waals surface area contributed by atoms with Crippen LogP contribution < -0.4 is 0 Å². The lowest BCUT2D eigenvalue weighted by atomic mass is 9.91. The van der Waals surface area contributed by atoms with E-state index in [-0.39, 0.29) is 0 Å². The van der Waals surface area contributed by atoms with E-state index >= 15 is 0 Å². The van der Waals surface area contributed by atoms with Gasteiger partial charge < -0.3 is 0 Å². The second kappa shape index (κ2) is 6.80. The molecule has 0 bridgehead atoms. The Labute approximate surface area is 103 Å². The van der Waals surface area contributed by atoms with Crippen LogP contribution in [0.2, 0.25) is 0 Å². The van der Waals surface area contributed by atoms with Crippen molar-refractivity contribution in [1.82, 2.24) is 0 Å². The Morgan fingerprint density at radius 2 is 1.81 bits per heavy atom. The lowest BCUT2D eigenvalue weighted by Gasteiger charge is -2.20. The van der Waals surface area contributed by atoms with E-state index in [0.29, 0.717) is 0 Å². The summed E-state index contributed by atoms with van der Waals surface area (Å²) in [5, 5.41) is 2.25. The van der Waals surface area contributed by atoms with E-state index in [2.05, 4.69) is 41.8 Å². The van der Waals surface area contributed by atoms with Crippen molar-refractivity contribution in [3.8, 4) is 0 Å². The molecule has 0 spiro atoms. The first-order chi connectivity index (χ1) is 7.95. The Kier molecular flexibility index (Phi) is 5.01. The van der Waals surface area contributed by atoms with Crippen LogP contribution in [0.5, 0.6) is 0 Å². The SMILES string of the molecule is C(=C\c1ccccc1)/SCC1CCCCC1. The van der Waals surface area contributed by atoms with E-state index in [1.165, 1.54) is 43.4 Å².